The minimum absolute atomic E-state index is 0.0770. The van der Waals surface area contributed by atoms with Gasteiger partial charge in [0.05, 0.1) is 38.8 Å². The smallest absolute Gasteiger partial charge is 0.270 e. The number of anilines is 1. The van der Waals surface area contributed by atoms with E-state index in [9.17, 15) is 10.1 Å². The number of H-pyrrole nitrogens is 1. The number of aromatic amines is 1. The predicted octanol–water partition coefficient (Wildman–Crippen LogP) is 2.78. The van der Waals surface area contributed by atoms with Crippen LogP contribution in [-0.4, -0.2) is 37.5 Å². The van der Waals surface area contributed by atoms with E-state index in [1.807, 2.05) is 12.1 Å². The second-order valence-electron chi connectivity index (χ2n) is 5.90. The number of hydrogen-bond donors (Lipinski definition) is 2. The standard InChI is InChI=1S/C21H19N5O4/c1-28-16-9-10-17(29-2)19(30-3)15(16)12-23-26-21-24-18(13-7-5-4-6-8-13)14(11-22)20(27)25-21/h4-10,12H,1-3H3,(H2,24,25,26,27). The number of nitrogens with zero attached hydrogens (tertiary/aromatic N) is 3. The zero-order valence-electron chi connectivity index (χ0n) is 16.6. The van der Waals surface area contributed by atoms with E-state index in [1.165, 1.54) is 27.5 Å². The summed E-state index contributed by atoms with van der Waals surface area (Å²) in [5.41, 5.74) is 3.47. The van der Waals surface area contributed by atoms with E-state index in [1.54, 1.807) is 36.4 Å². The zero-order chi connectivity index (χ0) is 21.5. The number of hydrazone groups is 1. The lowest BCUT2D eigenvalue weighted by Crippen LogP contribution is -2.16. The van der Waals surface area contributed by atoms with Crippen molar-refractivity contribution in [1.82, 2.24) is 9.97 Å². The third-order valence-corrected chi connectivity index (χ3v) is 4.21. The van der Waals surface area contributed by atoms with E-state index in [0.29, 0.717) is 28.4 Å². The lowest BCUT2D eigenvalue weighted by molar-refractivity contribution is 0.348. The van der Waals surface area contributed by atoms with Gasteiger partial charge >= 0.3 is 0 Å². The molecule has 2 aromatic carbocycles. The molecule has 30 heavy (non-hydrogen) atoms. The predicted molar refractivity (Wildman–Crippen MR) is 112 cm³/mol. The number of nitriles is 1. The maximum atomic E-state index is 12.3. The number of ether oxygens (including phenoxy) is 3. The van der Waals surface area contributed by atoms with Gasteiger partial charge in [-0.2, -0.15) is 10.4 Å². The van der Waals surface area contributed by atoms with E-state index in [0.717, 1.165) is 0 Å². The summed E-state index contributed by atoms with van der Waals surface area (Å²) in [7, 11) is 4.56. The van der Waals surface area contributed by atoms with Crippen molar-refractivity contribution in [2.75, 3.05) is 26.8 Å². The molecule has 9 heteroatoms. The van der Waals surface area contributed by atoms with Crippen LogP contribution in [0.1, 0.15) is 11.1 Å². The topological polar surface area (TPSA) is 122 Å². The highest BCUT2D eigenvalue weighted by atomic mass is 16.5. The molecule has 2 N–H and O–H groups in total. The van der Waals surface area contributed by atoms with Crippen molar-refractivity contribution in [3.63, 3.8) is 0 Å². The van der Waals surface area contributed by atoms with Gasteiger partial charge in [-0.25, -0.2) is 10.4 Å². The first kappa shape index (κ1) is 20.4. The summed E-state index contributed by atoms with van der Waals surface area (Å²) < 4.78 is 16.1. The first-order valence-corrected chi connectivity index (χ1v) is 8.80. The van der Waals surface area contributed by atoms with Gasteiger partial charge in [-0.3, -0.25) is 9.78 Å². The Morgan fingerprint density at radius 2 is 1.77 bits per heavy atom. The summed E-state index contributed by atoms with van der Waals surface area (Å²) in [5.74, 6) is 1.55. The number of benzene rings is 2. The summed E-state index contributed by atoms with van der Waals surface area (Å²) in [5, 5.41) is 13.5. The van der Waals surface area contributed by atoms with E-state index in [2.05, 4.69) is 20.5 Å². The van der Waals surface area contributed by atoms with E-state index < -0.39 is 5.56 Å². The Morgan fingerprint density at radius 1 is 1.07 bits per heavy atom. The molecule has 0 radical (unpaired) electrons. The number of aromatic nitrogens is 2. The maximum Gasteiger partial charge on any atom is 0.270 e. The molecule has 0 atom stereocenters. The largest absolute Gasteiger partial charge is 0.496 e. The normalized spacial score (nSPS) is 10.5. The molecular formula is C21H19N5O4. The van der Waals surface area contributed by atoms with Crippen LogP contribution in [-0.2, 0) is 0 Å². The molecule has 0 saturated carbocycles. The molecular weight excluding hydrogens is 386 g/mol. The van der Waals surface area contributed by atoms with Gasteiger partial charge in [0.1, 0.15) is 17.4 Å². The molecule has 0 fully saturated rings. The molecule has 0 aliphatic heterocycles. The molecule has 3 rings (SSSR count). The van der Waals surface area contributed by atoms with Crippen LogP contribution in [0.2, 0.25) is 0 Å². The molecule has 0 unspecified atom stereocenters. The lowest BCUT2D eigenvalue weighted by atomic mass is 10.1. The molecule has 0 spiro atoms. The minimum Gasteiger partial charge on any atom is -0.496 e. The third kappa shape index (κ3) is 4.07. The lowest BCUT2D eigenvalue weighted by Gasteiger charge is -2.13. The fraction of sp³-hybridized carbons (Fsp3) is 0.143. The van der Waals surface area contributed by atoms with Gasteiger partial charge in [-0.05, 0) is 12.1 Å². The van der Waals surface area contributed by atoms with Crippen LogP contribution in [0.4, 0.5) is 5.95 Å². The van der Waals surface area contributed by atoms with Gasteiger partial charge in [0, 0.05) is 5.56 Å². The number of hydrogen-bond acceptors (Lipinski definition) is 8. The molecule has 0 amide bonds. The molecule has 152 valence electrons. The van der Waals surface area contributed by atoms with E-state index >= 15 is 0 Å². The van der Waals surface area contributed by atoms with Crippen LogP contribution < -0.4 is 25.2 Å². The molecule has 3 aromatic rings. The Morgan fingerprint density at radius 3 is 2.40 bits per heavy atom. The molecule has 0 bridgehead atoms. The monoisotopic (exact) mass is 405 g/mol. The summed E-state index contributed by atoms with van der Waals surface area (Å²) in [6.45, 7) is 0. The van der Waals surface area contributed by atoms with Crippen LogP contribution >= 0.6 is 0 Å². The molecule has 0 aliphatic rings. The van der Waals surface area contributed by atoms with Crippen molar-refractivity contribution >= 4 is 12.2 Å². The second kappa shape index (κ2) is 9.25. The maximum absolute atomic E-state index is 12.3. The van der Waals surface area contributed by atoms with Crippen LogP contribution in [0, 0.1) is 11.3 Å². The summed E-state index contributed by atoms with van der Waals surface area (Å²) in [6, 6.07) is 14.3. The first-order chi connectivity index (χ1) is 14.6. The quantitative estimate of drug-likeness (QED) is 0.458. The Labute approximate surface area is 172 Å². The zero-order valence-corrected chi connectivity index (χ0v) is 16.6. The Kier molecular flexibility index (Phi) is 6.29. The Hall–Kier alpha value is -4.32. The minimum atomic E-state index is -0.569. The summed E-state index contributed by atoms with van der Waals surface area (Å²) in [4.78, 5) is 19.2. The van der Waals surface area contributed by atoms with Crippen LogP contribution in [0.15, 0.2) is 52.4 Å². The van der Waals surface area contributed by atoms with Gasteiger partial charge in [0.15, 0.2) is 11.5 Å². The number of methoxy groups -OCH3 is 3. The van der Waals surface area contributed by atoms with Crippen molar-refractivity contribution in [2.24, 2.45) is 5.10 Å². The van der Waals surface area contributed by atoms with Crippen molar-refractivity contribution in [2.45, 2.75) is 0 Å². The van der Waals surface area contributed by atoms with Gasteiger partial charge in [0.2, 0.25) is 5.95 Å². The van der Waals surface area contributed by atoms with Gasteiger partial charge in [0.25, 0.3) is 5.56 Å². The number of rotatable bonds is 7. The van der Waals surface area contributed by atoms with Crippen LogP contribution in [0.25, 0.3) is 11.3 Å². The molecule has 1 aromatic heterocycles. The first-order valence-electron chi connectivity index (χ1n) is 8.80. The fourth-order valence-corrected chi connectivity index (χ4v) is 2.83. The average molecular weight is 405 g/mol. The SMILES string of the molecule is COc1ccc(OC)c(OC)c1C=NNc1nc(-c2ccccc2)c(C#N)c(=O)[nH]1. The van der Waals surface area contributed by atoms with Gasteiger partial charge in [-0.15, -0.1) is 0 Å². The highest BCUT2D eigenvalue weighted by Crippen LogP contribution is 2.36. The highest BCUT2D eigenvalue weighted by molar-refractivity contribution is 5.89. The fourth-order valence-electron chi connectivity index (χ4n) is 2.83. The summed E-state index contributed by atoms with van der Waals surface area (Å²) in [6.07, 6.45) is 1.46. The van der Waals surface area contributed by atoms with Crippen molar-refractivity contribution in [1.29, 1.82) is 5.26 Å². The average Bonchev–Trinajstić information content (AvgIpc) is 2.78. The third-order valence-electron chi connectivity index (χ3n) is 4.21. The molecule has 1 heterocycles. The van der Waals surface area contributed by atoms with Crippen LogP contribution in [0.3, 0.4) is 0 Å². The van der Waals surface area contributed by atoms with Crippen molar-refractivity contribution in [3.05, 3.63) is 63.9 Å². The van der Waals surface area contributed by atoms with E-state index in [4.69, 9.17) is 14.2 Å². The van der Waals surface area contributed by atoms with Crippen molar-refractivity contribution in [3.8, 4) is 34.6 Å². The Balaban J connectivity index is 1.98. The molecule has 0 aliphatic carbocycles. The number of nitrogens with one attached hydrogen (secondary N) is 2. The van der Waals surface area contributed by atoms with Gasteiger partial charge in [-0.1, -0.05) is 30.3 Å². The van der Waals surface area contributed by atoms with Crippen LogP contribution in [0.5, 0.6) is 17.2 Å². The Bertz CT molecular complexity index is 1170. The highest BCUT2D eigenvalue weighted by Gasteiger charge is 2.15. The molecule has 9 nitrogen and oxygen atoms in total. The molecule has 0 saturated heterocycles. The summed E-state index contributed by atoms with van der Waals surface area (Å²) >= 11 is 0. The van der Waals surface area contributed by atoms with Crippen molar-refractivity contribution < 1.29 is 14.2 Å². The van der Waals surface area contributed by atoms with E-state index in [-0.39, 0.29) is 17.2 Å². The van der Waals surface area contributed by atoms with Gasteiger partial charge < -0.3 is 14.2 Å². The second-order valence-corrected chi connectivity index (χ2v) is 5.90.